The number of fused-ring (bicyclic) bond motifs is 1. The average Bonchev–Trinajstić information content (AvgIpc) is 3.43. The Morgan fingerprint density at radius 2 is 1.88 bits per heavy atom. The highest BCUT2D eigenvalue weighted by atomic mass is 16.5. The lowest BCUT2D eigenvalue weighted by Gasteiger charge is -2.20. The van der Waals surface area contributed by atoms with Crippen LogP contribution in [0.3, 0.4) is 0 Å². The summed E-state index contributed by atoms with van der Waals surface area (Å²) in [6.07, 6.45) is -0.104. The zero-order valence-electron chi connectivity index (χ0n) is 22.9. The maximum absolute atomic E-state index is 12.8. The van der Waals surface area contributed by atoms with Gasteiger partial charge in [-0.2, -0.15) is 5.26 Å². The van der Waals surface area contributed by atoms with Gasteiger partial charge >= 0.3 is 0 Å². The molecule has 0 radical (unpaired) electrons. The maximum Gasteiger partial charge on any atom is 0.260 e. The molecule has 2 aliphatic carbocycles. The Kier molecular flexibility index (Phi) is 8.75. The molecule has 1 unspecified atom stereocenters. The van der Waals surface area contributed by atoms with Crippen molar-refractivity contribution in [1.29, 1.82) is 5.26 Å². The van der Waals surface area contributed by atoms with E-state index in [0.717, 1.165) is 16.7 Å². The zero-order valence-corrected chi connectivity index (χ0v) is 22.9. The van der Waals surface area contributed by atoms with Crippen molar-refractivity contribution in [3.63, 3.8) is 0 Å². The van der Waals surface area contributed by atoms with Gasteiger partial charge in [-0.25, -0.2) is 4.98 Å². The number of aromatic nitrogens is 2. The van der Waals surface area contributed by atoms with Gasteiger partial charge < -0.3 is 30.1 Å². The van der Waals surface area contributed by atoms with Crippen LogP contribution in [0.1, 0.15) is 18.4 Å². The molecule has 0 spiro atoms. The van der Waals surface area contributed by atoms with Crippen LogP contribution in [-0.2, 0) is 6.54 Å². The smallest absolute Gasteiger partial charge is 0.260 e. The number of aromatic amines is 1. The van der Waals surface area contributed by atoms with Gasteiger partial charge in [0.2, 0.25) is 0 Å². The summed E-state index contributed by atoms with van der Waals surface area (Å²) in [5, 5.41) is 51.0. The number of hydrogen-bond donors (Lipinski definition) is 5. The van der Waals surface area contributed by atoms with Crippen molar-refractivity contribution < 1.29 is 25.2 Å². The van der Waals surface area contributed by atoms with Crippen LogP contribution in [0, 0.1) is 23.2 Å². The molecule has 2 aliphatic rings. The molecule has 10 nitrogen and oxygen atoms in total. The van der Waals surface area contributed by atoms with Gasteiger partial charge in [0.05, 0.1) is 60.1 Å². The SMILES string of the molecule is C=C1C(C2=c3nc[nH]c(=O)c3=C(C#N)C2=NCc2ccc(-c3ccccc3)c(OCCCCO)c2)[C@H](O)[C@H](O)[C@H]1CO. The van der Waals surface area contributed by atoms with Gasteiger partial charge in [0.15, 0.2) is 0 Å². The van der Waals surface area contributed by atoms with E-state index >= 15 is 0 Å². The lowest BCUT2D eigenvalue weighted by molar-refractivity contribution is 0.00132. The number of unbranched alkanes of at least 4 members (excludes halogenated alkanes) is 1. The molecule has 42 heavy (non-hydrogen) atoms. The molecular formula is C32H32N4O6. The van der Waals surface area contributed by atoms with Gasteiger partial charge in [-0.15, -0.1) is 0 Å². The van der Waals surface area contributed by atoms with Crippen molar-refractivity contribution in [2.45, 2.75) is 31.6 Å². The first kappa shape index (κ1) is 29.1. The molecule has 5 N–H and O–H groups in total. The third-order valence-corrected chi connectivity index (χ3v) is 7.81. The van der Waals surface area contributed by atoms with E-state index in [1.165, 1.54) is 6.33 Å². The van der Waals surface area contributed by atoms with Crippen LogP contribution in [0.5, 0.6) is 5.75 Å². The fraction of sp³-hybridized carbons (Fsp3) is 0.312. The van der Waals surface area contributed by atoms with Crippen molar-refractivity contribution in [2.24, 2.45) is 16.8 Å². The molecule has 2 aromatic carbocycles. The predicted molar refractivity (Wildman–Crippen MR) is 157 cm³/mol. The summed E-state index contributed by atoms with van der Waals surface area (Å²) >= 11 is 0. The lowest BCUT2D eigenvalue weighted by Crippen LogP contribution is -2.43. The summed E-state index contributed by atoms with van der Waals surface area (Å²) in [5.74, 6) is -1.04. The minimum atomic E-state index is -1.34. The second-order valence-corrected chi connectivity index (χ2v) is 10.3. The number of nitrogens with one attached hydrogen (secondary N) is 1. The molecular weight excluding hydrogens is 536 g/mol. The van der Waals surface area contributed by atoms with Gasteiger partial charge in [0.1, 0.15) is 11.8 Å². The Labute approximate surface area is 241 Å². The van der Waals surface area contributed by atoms with Gasteiger partial charge in [-0.1, -0.05) is 54.6 Å². The molecule has 216 valence electrons. The number of aliphatic hydroxyl groups excluding tert-OH is 4. The normalized spacial score (nSPS) is 22.5. The van der Waals surface area contributed by atoms with Crippen LogP contribution in [-0.4, -0.2) is 68.1 Å². The number of nitriles is 1. The number of rotatable bonds is 10. The van der Waals surface area contributed by atoms with Crippen LogP contribution < -0.4 is 20.9 Å². The quantitative estimate of drug-likeness (QED) is 0.175. The average molecular weight is 569 g/mol. The van der Waals surface area contributed by atoms with E-state index < -0.39 is 36.2 Å². The van der Waals surface area contributed by atoms with E-state index in [9.17, 15) is 25.4 Å². The summed E-state index contributed by atoms with van der Waals surface area (Å²) in [4.78, 5) is 24.4. The molecule has 1 fully saturated rings. The standard InChI is InChI=1S/C32H32N4O6/c1-18-23(16-38)30(39)31(40)25(18)27-28(22(14-33)26-29(27)35-17-36-32(26)41)34-15-19-9-10-21(20-7-3-2-4-8-20)24(13-19)42-12-6-5-11-37/h2-4,7-10,13,17,23,25,30-31,37-40H,1,5-6,11-12,15-16H2,(H,35,36,41)/t23-,25?,30+,31-/m0/s1. The van der Waals surface area contributed by atoms with Crippen molar-refractivity contribution in [3.05, 3.63) is 93.5 Å². The first-order valence-corrected chi connectivity index (χ1v) is 13.8. The van der Waals surface area contributed by atoms with E-state index in [1.807, 2.05) is 48.5 Å². The highest BCUT2D eigenvalue weighted by Gasteiger charge is 2.48. The summed E-state index contributed by atoms with van der Waals surface area (Å²) in [7, 11) is 0. The number of aliphatic hydroxyl groups is 4. The summed E-state index contributed by atoms with van der Waals surface area (Å²) in [6.45, 7) is 4.22. The van der Waals surface area contributed by atoms with Gasteiger partial charge in [-0.3, -0.25) is 9.79 Å². The van der Waals surface area contributed by atoms with Crippen LogP contribution >= 0.6 is 0 Å². The van der Waals surface area contributed by atoms with Crippen LogP contribution in [0.15, 0.2) is 76.8 Å². The number of H-pyrrole nitrogens is 1. The zero-order chi connectivity index (χ0) is 29.8. The minimum absolute atomic E-state index is 0.0117. The van der Waals surface area contributed by atoms with Crippen LogP contribution in [0.2, 0.25) is 0 Å². The summed E-state index contributed by atoms with van der Waals surface area (Å²) < 4.78 is 6.11. The van der Waals surface area contributed by atoms with E-state index in [4.69, 9.17) is 14.8 Å². The van der Waals surface area contributed by atoms with Gasteiger partial charge in [0, 0.05) is 29.6 Å². The van der Waals surface area contributed by atoms with E-state index in [0.29, 0.717) is 36.3 Å². The topological polar surface area (TPSA) is 172 Å². The molecule has 1 heterocycles. The fourth-order valence-corrected chi connectivity index (χ4v) is 5.66. The Morgan fingerprint density at radius 3 is 2.57 bits per heavy atom. The molecule has 0 saturated heterocycles. The first-order valence-electron chi connectivity index (χ1n) is 13.8. The van der Waals surface area contributed by atoms with Gasteiger partial charge in [0.25, 0.3) is 5.56 Å². The molecule has 0 amide bonds. The maximum atomic E-state index is 12.8. The molecule has 1 saturated carbocycles. The molecule has 4 atom stereocenters. The lowest BCUT2D eigenvalue weighted by atomic mass is 9.87. The van der Waals surface area contributed by atoms with Crippen molar-refractivity contribution in [2.75, 3.05) is 19.8 Å². The van der Waals surface area contributed by atoms with Crippen LogP contribution in [0.25, 0.3) is 22.3 Å². The third kappa shape index (κ3) is 5.31. The Hall–Kier alpha value is -4.40. The third-order valence-electron chi connectivity index (χ3n) is 7.81. The monoisotopic (exact) mass is 568 g/mol. The number of hydrogen-bond acceptors (Lipinski definition) is 9. The highest BCUT2D eigenvalue weighted by molar-refractivity contribution is 6.44. The number of aliphatic imine (C=N–C) groups is 1. The molecule has 0 aliphatic heterocycles. The largest absolute Gasteiger partial charge is 0.493 e. The number of ether oxygens (including phenoxy) is 1. The number of nitrogens with zero attached hydrogens (tertiary/aromatic N) is 3. The summed E-state index contributed by atoms with van der Waals surface area (Å²) in [6, 6.07) is 17.6. The molecule has 0 bridgehead atoms. The second kappa shape index (κ2) is 12.6. The molecule has 3 aromatic rings. The minimum Gasteiger partial charge on any atom is -0.493 e. The molecule has 1 aromatic heterocycles. The Morgan fingerprint density at radius 1 is 1.10 bits per heavy atom. The van der Waals surface area contributed by atoms with Crippen molar-refractivity contribution >= 4 is 16.9 Å². The van der Waals surface area contributed by atoms with E-state index in [-0.39, 0.29) is 35.0 Å². The molecule has 10 heteroatoms. The number of benzene rings is 2. The summed E-state index contributed by atoms with van der Waals surface area (Å²) in [5.41, 5.74) is 3.01. The highest BCUT2D eigenvalue weighted by Crippen LogP contribution is 2.42. The van der Waals surface area contributed by atoms with Gasteiger partial charge in [-0.05, 0) is 30.0 Å². The van der Waals surface area contributed by atoms with Crippen molar-refractivity contribution in [1.82, 2.24) is 9.97 Å². The van der Waals surface area contributed by atoms with E-state index in [2.05, 4.69) is 22.6 Å². The Bertz CT molecular complexity index is 1740. The van der Waals surface area contributed by atoms with Crippen molar-refractivity contribution in [3.8, 4) is 22.9 Å². The fourth-order valence-electron chi connectivity index (χ4n) is 5.66. The van der Waals surface area contributed by atoms with E-state index in [1.54, 1.807) is 0 Å². The second-order valence-electron chi connectivity index (χ2n) is 10.3. The molecule has 5 rings (SSSR count). The predicted octanol–water partition coefficient (Wildman–Crippen LogP) is 0.584. The Balaban J connectivity index is 1.58. The van der Waals surface area contributed by atoms with Crippen LogP contribution in [0.4, 0.5) is 0 Å². The first-order chi connectivity index (χ1) is 20.4.